The summed E-state index contributed by atoms with van der Waals surface area (Å²) in [6, 6.07) is 19.6. The number of methoxy groups -OCH3 is 1. The number of aliphatic carboxylic acids is 1. The summed E-state index contributed by atoms with van der Waals surface area (Å²) < 4.78 is 40.7. The van der Waals surface area contributed by atoms with Crippen molar-refractivity contribution in [3.05, 3.63) is 84.2 Å². The second-order valence-corrected chi connectivity index (χ2v) is 8.64. The normalized spacial score (nSPS) is 11.4. The molecule has 0 bridgehead atoms. The van der Waals surface area contributed by atoms with Crippen molar-refractivity contribution in [2.45, 2.75) is 25.9 Å². The van der Waals surface area contributed by atoms with Crippen LogP contribution in [-0.4, -0.2) is 68.2 Å². The number of amides is 1. The van der Waals surface area contributed by atoms with Crippen LogP contribution in [0.3, 0.4) is 0 Å². The van der Waals surface area contributed by atoms with Gasteiger partial charge in [0.2, 0.25) is 0 Å². The van der Waals surface area contributed by atoms with Gasteiger partial charge in [0.1, 0.15) is 23.9 Å². The Labute approximate surface area is 233 Å². The van der Waals surface area contributed by atoms with Gasteiger partial charge in [-0.05, 0) is 67.4 Å². The predicted octanol–water partition coefficient (Wildman–Crippen LogP) is 5.22. The molecule has 0 spiro atoms. The number of ether oxygens (including phenoxy) is 5. The number of hydrogen-bond donors (Lipinski definition) is 1. The summed E-state index contributed by atoms with van der Waals surface area (Å²) in [5.41, 5.74) is 0.802. The highest BCUT2D eigenvalue weighted by atomic mass is 19.1. The van der Waals surface area contributed by atoms with E-state index in [1.807, 2.05) is 0 Å². The Morgan fingerprint density at radius 1 is 0.875 bits per heavy atom. The Morgan fingerprint density at radius 2 is 1.50 bits per heavy atom. The lowest BCUT2D eigenvalue weighted by Crippen LogP contribution is -2.38. The summed E-state index contributed by atoms with van der Waals surface area (Å²) in [6.07, 6.45) is -0.739. The molecule has 1 atom stereocenters. The average molecular weight is 556 g/mol. The molecule has 0 saturated heterocycles. The van der Waals surface area contributed by atoms with Gasteiger partial charge in [0.15, 0.2) is 17.6 Å². The minimum Gasteiger partial charge on any atom is -0.494 e. The molecule has 1 unspecified atom stereocenters. The van der Waals surface area contributed by atoms with Crippen LogP contribution in [0.1, 0.15) is 18.9 Å². The molecule has 1 amide bonds. The Kier molecular flexibility index (Phi) is 12.1. The predicted molar refractivity (Wildman–Crippen MR) is 146 cm³/mol. The van der Waals surface area contributed by atoms with Gasteiger partial charge in [-0.15, -0.1) is 0 Å². The summed E-state index contributed by atoms with van der Waals surface area (Å²) >= 11 is 0. The summed E-state index contributed by atoms with van der Waals surface area (Å²) in [5, 5.41) is 9.28. The molecular weight excluding hydrogens is 521 g/mol. The zero-order valence-electron chi connectivity index (χ0n) is 22.6. The Hall–Kier alpha value is -4.31. The smallest absolute Gasteiger partial charge is 0.415 e. The minimum absolute atomic E-state index is 0.190. The van der Waals surface area contributed by atoms with E-state index in [4.69, 9.17) is 23.7 Å². The van der Waals surface area contributed by atoms with E-state index in [0.717, 1.165) is 5.56 Å². The molecule has 3 rings (SSSR count). The maximum atomic E-state index is 13.1. The first-order chi connectivity index (χ1) is 19.4. The fraction of sp³-hybridized carbons (Fsp3) is 0.333. The Balaban J connectivity index is 1.56. The van der Waals surface area contributed by atoms with Crippen LogP contribution in [0.15, 0.2) is 72.8 Å². The molecule has 214 valence electrons. The van der Waals surface area contributed by atoms with E-state index in [2.05, 4.69) is 0 Å². The molecule has 0 aromatic heterocycles. The minimum atomic E-state index is -1.01. The van der Waals surface area contributed by atoms with Crippen LogP contribution in [0, 0.1) is 5.82 Å². The van der Waals surface area contributed by atoms with E-state index >= 15 is 0 Å². The number of halogens is 1. The van der Waals surface area contributed by atoms with Crippen molar-refractivity contribution >= 4 is 12.1 Å². The summed E-state index contributed by atoms with van der Waals surface area (Å²) in [5.74, 6) is 0.483. The van der Waals surface area contributed by atoms with Gasteiger partial charge in [-0.1, -0.05) is 24.3 Å². The van der Waals surface area contributed by atoms with Crippen molar-refractivity contribution in [2.24, 2.45) is 0 Å². The zero-order chi connectivity index (χ0) is 28.7. The summed E-state index contributed by atoms with van der Waals surface area (Å²) in [4.78, 5) is 25.9. The van der Waals surface area contributed by atoms with E-state index in [9.17, 15) is 19.1 Å². The Bertz CT molecular complexity index is 1200. The highest BCUT2D eigenvalue weighted by Crippen LogP contribution is 2.26. The van der Waals surface area contributed by atoms with Gasteiger partial charge >= 0.3 is 12.1 Å². The molecule has 40 heavy (non-hydrogen) atoms. The molecule has 3 aromatic rings. The standard InChI is InChI=1S/C30H34FNO8/c1-3-37-28(29(33)34)21-22-9-13-24(14-10-22)39-20-18-32(17-6-19-38-25-15-11-23(31)12-16-25)30(35)40-27-8-5-4-7-26(27)36-2/h4-5,7-16,28H,3,6,17-21H2,1-2H3,(H,33,34). The van der Waals surface area contributed by atoms with Crippen LogP contribution < -0.4 is 18.9 Å². The second kappa shape index (κ2) is 15.9. The van der Waals surface area contributed by atoms with Crippen LogP contribution in [0.2, 0.25) is 0 Å². The third-order valence-electron chi connectivity index (χ3n) is 5.80. The van der Waals surface area contributed by atoms with Gasteiger partial charge in [-0.2, -0.15) is 0 Å². The lowest BCUT2D eigenvalue weighted by molar-refractivity contribution is -0.149. The van der Waals surface area contributed by atoms with Crippen LogP contribution >= 0.6 is 0 Å². The maximum Gasteiger partial charge on any atom is 0.415 e. The van der Waals surface area contributed by atoms with Crippen molar-refractivity contribution < 1.29 is 42.8 Å². The number of nitrogens with zero attached hydrogens (tertiary/aromatic N) is 1. The number of carboxylic acid groups (broad SMARTS) is 1. The van der Waals surface area contributed by atoms with Crippen molar-refractivity contribution in [3.63, 3.8) is 0 Å². The number of rotatable bonds is 16. The molecule has 0 aliphatic rings. The van der Waals surface area contributed by atoms with Gasteiger partial charge in [0, 0.05) is 19.6 Å². The highest BCUT2D eigenvalue weighted by Gasteiger charge is 2.19. The lowest BCUT2D eigenvalue weighted by atomic mass is 10.1. The number of carboxylic acids is 1. The average Bonchev–Trinajstić information content (AvgIpc) is 2.96. The number of carbonyl (C=O) groups excluding carboxylic acids is 1. The molecule has 0 heterocycles. The van der Waals surface area contributed by atoms with E-state index in [1.54, 1.807) is 67.6 Å². The molecule has 0 aliphatic carbocycles. The van der Waals surface area contributed by atoms with Crippen molar-refractivity contribution in [1.29, 1.82) is 0 Å². The molecular formula is C30H34FNO8. The largest absolute Gasteiger partial charge is 0.494 e. The van der Waals surface area contributed by atoms with Crippen LogP contribution in [0.25, 0.3) is 0 Å². The van der Waals surface area contributed by atoms with Crippen LogP contribution in [0.4, 0.5) is 9.18 Å². The molecule has 10 heteroatoms. The topological polar surface area (TPSA) is 104 Å². The fourth-order valence-electron chi connectivity index (χ4n) is 3.76. The van der Waals surface area contributed by atoms with Crippen LogP contribution in [0.5, 0.6) is 23.0 Å². The molecule has 0 aliphatic heterocycles. The van der Waals surface area contributed by atoms with Gasteiger partial charge in [-0.3, -0.25) is 0 Å². The van der Waals surface area contributed by atoms with Crippen molar-refractivity contribution in [3.8, 4) is 23.0 Å². The lowest BCUT2D eigenvalue weighted by Gasteiger charge is -2.23. The SMILES string of the molecule is CCOC(Cc1ccc(OCCN(CCCOc2ccc(F)cc2)C(=O)Oc2ccccc2OC)cc1)C(=O)O. The number of benzene rings is 3. The fourth-order valence-corrected chi connectivity index (χ4v) is 3.76. The first kappa shape index (κ1) is 30.2. The highest BCUT2D eigenvalue weighted by molar-refractivity contribution is 5.73. The first-order valence-electron chi connectivity index (χ1n) is 12.9. The second-order valence-electron chi connectivity index (χ2n) is 8.64. The van der Waals surface area contributed by atoms with E-state index in [1.165, 1.54) is 24.1 Å². The monoisotopic (exact) mass is 555 g/mol. The van der Waals surface area contributed by atoms with Gasteiger partial charge < -0.3 is 33.7 Å². The van der Waals surface area contributed by atoms with E-state index in [0.29, 0.717) is 49.2 Å². The zero-order valence-corrected chi connectivity index (χ0v) is 22.6. The number of hydrogen-bond acceptors (Lipinski definition) is 7. The molecule has 0 radical (unpaired) electrons. The Morgan fingerprint density at radius 3 is 2.12 bits per heavy atom. The van der Waals surface area contributed by atoms with Crippen molar-refractivity contribution in [2.75, 3.05) is 40.0 Å². The molecule has 1 N–H and O–H groups in total. The van der Waals surface area contributed by atoms with Crippen LogP contribution in [-0.2, 0) is 16.0 Å². The summed E-state index contributed by atoms with van der Waals surface area (Å²) in [6.45, 7) is 3.12. The van der Waals surface area contributed by atoms with Gasteiger partial charge in [0.05, 0.1) is 20.3 Å². The van der Waals surface area contributed by atoms with E-state index < -0.39 is 18.2 Å². The quantitative estimate of drug-likeness (QED) is 0.240. The number of carbonyl (C=O) groups is 2. The molecule has 3 aromatic carbocycles. The third kappa shape index (κ3) is 9.77. The van der Waals surface area contributed by atoms with Gasteiger partial charge in [-0.25, -0.2) is 14.0 Å². The molecule has 0 fully saturated rings. The van der Waals surface area contributed by atoms with Crippen molar-refractivity contribution in [1.82, 2.24) is 4.90 Å². The molecule has 9 nitrogen and oxygen atoms in total. The van der Waals surface area contributed by atoms with E-state index in [-0.39, 0.29) is 25.4 Å². The maximum absolute atomic E-state index is 13.1. The first-order valence-corrected chi connectivity index (χ1v) is 12.9. The third-order valence-corrected chi connectivity index (χ3v) is 5.80. The van der Waals surface area contributed by atoms with Gasteiger partial charge in [0.25, 0.3) is 0 Å². The molecule has 0 saturated carbocycles. The summed E-state index contributed by atoms with van der Waals surface area (Å²) in [7, 11) is 1.50. The number of para-hydroxylation sites is 2.